The van der Waals surface area contributed by atoms with Crippen LogP contribution in [-0.2, 0) is 26.1 Å². The minimum atomic E-state index is -4.75. The van der Waals surface area contributed by atoms with Gasteiger partial charge in [-0.05, 0) is 101 Å². The number of aromatic nitrogens is 2. The van der Waals surface area contributed by atoms with E-state index < -0.39 is 58.4 Å². The molecule has 1 aliphatic carbocycles. The first-order chi connectivity index (χ1) is 26.1. The van der Waals surface area contributed by atoms with E-state index in [1.54, 1.807) is 38.4 Å². The Morgan fingerprint density at radius 3 is 2.35 bits per heavy atom. The molecular formula is C40H38F3N7O5. The molecule has 0 radical (unpaired) electrons. The van der Waals surface area contributed by atoms with Gasteiger partial charge in [0.1, 0.15) is 11.6 Å². The summed E-state index contributed by atoms with van der Waals surface area (Å²) < 4.78 is 41.7. The first-order valence-electron chi connectivity index (χ1n) is 18.2. The maximum Gasteiger partial charge on any atom is 0.417 e. The molecule has 4 aliphatic rings. The van der Waals surface area contributed by atoms with Gasteiger partial charge in [0.25, 0.3) is 17.7 Å². The monoisotopic (exact) mass is 753 g/mol. The lowest BCUT2D eigenvalue weighted by molar-refractivity contribution is -0.138. The van der Waals surface area contributed by atoms with Crippen molar-refractivity contribution in [1.29, 1.82) is 5.26 Å². The summed E-state index contributed by atoms with van der Waals surface area (Å²) in [6, 6.07) is 8.78. The summed E-state index contributed by atoms with van der Waals surface area (Å²) in [6.45, 7) is 4.78. The van der Waals surface area contributed by atoms with Gasteiger partial charge in [-0.15, -0.1) is 0 Å². The number of rotatable bonds is 5. The highest BCUT2D eigenvalue weighted by molar-refractivity contribution is 6.23. The molecule has 12 nitrogen and oxygen atoms in total. The van der Waals surface area contributed by atoms with Crippen LogP contribution in [0.25, 0.3) is 0 Å². The van der Waals surface area contributed by atoms with E-state index in [1.807, 2.05) is 6.07 Å². The summed E-state index contributed by atoms with van der Waals surface area (Å²) >= 11 is 0. The van der Waals surface area contributed by atoms with E-state index >= 15 is 0 Å². The second-order valence-electron chi connectivity index (χ2n) is 15.3. The molecule has 284 valence electrons. The summed E-state index contributed by atoms with van der Waals surface area (Å²) in [6.07, 6.45) is 4.49. The Bertz CT molecular complexity index is 2210. The average molecular weight is 754 g/mol. The molecule has 3 aliphatic heterocycles. The van der Waals surface area contributed by atoms with Crippen molar-refractivity contribution in [3.8, 4) is 17.9 Å². The van der Waals surface area contributed by atoms with Crippen LogP contribution >= 0.6 is 0 Å². The molecule has 3 fully saturated rings. The number of hydrogen-bond donors (Lipinski definition) is 2. The van der Waals surface area contributed by atoms with Gasteiger partial charge < -0.3 is 10.2 Å². The van der Waals surface area contributed by atoms with Crippen LogP contribution < -0.4 is 15.5 Å². The van der Waals surface area contributed by atoms with Crippen LogP contribution in [0.4, 0.5) is 24.5 Å². The zero-order valence-electron chi connectivity index (χ0n) is 30.3. The lowest BCUT2D eigenvalue weighted by Gasteiger charge is -2.46. The molecule has 2 saturated heterocycles. The maximum atomic E-state index is 13.4. The van der Waals surface area contributed by atoms with E-state index in [2.05, 4.69) is 32.5 Å². The summed E-state index contributed by atoms with van der Waals surface area (Å²) in [4.78, 5) is 66.8. The minimum Gasteiger partial charge on any atom is -0.371 e. The zero-order valence-corrected chi connectivity index (χ0v) is 30.3. The quantitative estimate of drug-likeness (QED) is 0.260. The number of benzene rings is 2. The number of alkyl halides is 3. The van der Waals surface area contributed by atoms with Crippen molar-refractivity contribution in [2.45, 2.75) is 83.0 Å². The Balaban J connectivity index is 0.923. The first kappa shape index (κ1) is 37.4. The molecule has 15 heteroatoms. The molecule has 4 heterocycles. The van der Waals surface area contributed by atoms with Crippen LogP contribution in [0, 0.1) is 34.5 Å². The van der Waals surface area contributed by atoms with E-state index in [9.17, 15) is 37.1 Å². The van der Waals surface area contributed by atoms with Crippen molar-refractivity contribution in [2.24, 2.45) is 11.3 Å². The zero-order chi connectivity index (χ0) is 39.3. The fraction of sp³-hybridized carbons (Fsp3) is 0.425. The molecule has 1 spiro atoms. The van der Waals surface area contributed by atoms with Crippen molar-refractivity contribution in [3.63, 3.8) is 0 Å². The first-order valence-corrected chi connectivity index (χ1v) is 18.2. The predicted molar refractivity (Wildman–Crippen MR) is 192 cm³/mol. The molecule has 1 atom stereocenters. The lowest BCUT2D eigenvalue weighted by Crippen LogP contribution is -2.54. The van der Waals surface area contributed by atoms with Crippen molar-refractivity contribution < 1.29 is 37.1 Å². The van der Waals surface area contributed by atoms with Crippen LogP contribution in [0.5, 0.6) is 0 Å². The fourth-order valence-electron chi connectivity index (χ4n) is 7.99. The van der Waals surface area contributed by atoms with Gasteiger partial charge in [-0.2, -0.15) is 23.5 Å². The number of fused-ring (bicyclic) bond motifs is 1. The van der Waals surface area contributed by atoms with Crippen LogP contribution in [0.15, 0.2) is 48.8 Å². The smallest absolute Gasteiger partial charge is 0.371 e. The van der Waals surface area contributed by atoms with Gasteiger partial charge >= 0.3 is 6.18 Å². The van der Waals surface area contributed by atoms with E-state index in [-0.39, 0.29) is 41.0 Å². The van der Waals surface area contributed by atoms with Crippen LogP contribution in [0.1, 0.15) is 103 Å². The fourth-order valence-corrected chi connectivity index (χ4v) is 7.99. The largest absolute Gasteiger partial charge is 0.417 e. The molecule has 1 aromatic heterocycles. The number of halogens is 3. The number of piperidine rings is 2. The highest BCUT2D eigenvalue weighted by Crippen LogP contribution is 2.47. The van der Waals surface area contributed by atoms with Gasteiger partial charge in [0.05, 0.1) is 40.1 Å². The minimum absolute atomic E-state index is 0.0663. The topological polar surface area (TPSA) is 158 Å². The molecule has 2 N–H and O–H groups in total. The number of nitrogens with zero attached hydrogens (tertiary/aromatic N) is 5. The number of imide groups is 2. The van der Waals surface area contributed by atoms with Crippen molar-refractivity contribution >= 4 is 40.9 Å². The summed E-state index contributed by atoms with van der Waals surface area (Å²) in [5.41, 5.74) is -0.819. The maximum absolute atomic E-state index is 13.4. The van der Waals surface area contributed by atoms with Gasteiger partial charge in [-0.1, -0.05) is 11.8 Å². The van der Waals surface area contributed by atoms with Crippen molar-refractivity contribution in [2.75, 3.05) is 23.3 Å². The van der Waals surface area contributed by atoms with Gasteiger partial charge in [-0.25, -0.2) is 0 Å². The molecule has 5 amide bonds. The highest BCUT2D eigenvalue weighted by atomic mass is 19.4. The lowest BCUT2D eigenvalue weighted by atomic mass is 9.65. The molecule has 3 aromatic rings. The number of anilines is 2. The molecule has 2 aromatic carbocycles. The van der Waals surface area contributed by atoms with E-state index in [4.69, 9.17) is 5.26 Å². The Labute approximate surface area is 315 Å². The normalized spacial score (nSPS) is 20.1. The van der Waals surface area contributed by atoms with Gasteiger partial charge in [-0.3, -0.25) is 38.9 Å². The third kappa shape index (κ3) is 7.19. The SMILES string of the molecule is CC(C)(C(=O)Nc1ccc(C#N)c(C(F)(F)F)c1)n1cc(C#CC2CCC3(CC2)CCN(c2ccc4c(c2)C(=O)N(C2CCC(=O)NC2=O)C4=O)CC3)cn1. The predicted octanol–water partition coefficient (Wildman–Crippen LogP) is 5.38. The van der Waals surface area contributed by atoms with Crippen molar-refractivity contribution in [1.82, 2.24) is 20.0 Å². The molecule has 55 heavy (non-hydrogen) atoms. The molecule has 1 saturated carbocycles. The number of carbonyl (C=O) groups is 5. The van der Waals surface area contributed by atoms with E-state index in [0.717, 1.165) is 74.3 Å². The third-order valence-electron chi connectivity index (χ3n) is 11.5. The number of hydrogen-bond acceptors (Lipinski definition) is 8. The molecule has 0 bridgehead atoms. The Morgan fingerprint density at radius 2 is 1.67 bits per heavy atom. The summed E-state index contributed by atoms with van der Waals surface area (Å²) in [5, 5.41) is 18.1. The van der Waals surface area contributed by atoms with Gasteiger partial charge in [0.15, 0.2) is 0 Å². The van der Waals surface area contributed by atoms with Gasteiger partial charge in [0, 0.05) is 43.0 Å². The molecule has 7 rings (SSSR count). The molecular weight excluding hydrogens is 715 g/mol. The second kappa shape index (κ2) is 14.0. The van der Waals surface area contributed by atoms with Gasteiger partial charge in [0.2, 0.25) is 11.8 Å². The second-order valence-corrected chi connectivity index (χ2v) is 15.3. The number of carbonyl (C=O) groups excluding carboxylic acids is 5. The standard InChI is InChI=1S/C40H38F3N7O5/c1-38(2,37(55)46-27-6-5-26(21-44)31(19-27)40(41,42)43)49-23-25(22-45-49)4-3-24-11-13-39(14-12-24)15-17-48(18-16-39)28-7-8-29-30(20-28)36(54)50(35(29)53)32-9-10-33(51)47-34(32)52/h5-8,19-20,22-24,32H,9-18H2,1-2H3,(H,46,55)(H,47,51,52). The van der Waals surface area contributed by atoms with Crippen LogP contribution in [0.2, 0.25) is 0 Å². The van der Waals surface area contributed by atoms with E-state index in [1.165, 1.54) is 16.8 Å². The van der Waals surface area contributed by atoms with E-state index in [0.29, 0.717) is 5.56 Å². The Morgan fingerprint density at radius 1 is 0.964 bits per heavy atom. The van der Waals surface area contributed by atoms with Crippen molar-refractivity contribution in [3.05, 3.63) is 76.6 Å². The summed E-state index contributed by atoms with van der Waals surface area (Å²) in [7, 11) is 0. The van der Waals surface area contributed by atoms with Crippen LogP contribution in [0.3, 0.4) is 0 Å². The number of nitriles is 1. The molecule has 1 unspecified atom stereocenters. The number of amides is 5. The highest BCUT2D eigenvalue weighted by Gasteiger charge is 2.45. The average Bonchev–Trinajstić information content (AvgIpc) is 3.74. The number of nitrogens with one attached hydrogen (secondary N) is 2. The summed E-state index contributed by atoms with van der Waals surface area (Å²) in [5.74, 6) is 4.07. The van der Waals surface area contributed by atoms with Crippen LogP contribution in [-0.4, -0.2) is 63.3 Å². The Kier molecular flexibility index (Phi) is 9.53. The Hall–Kier alpha value is -5.96. The third-order valence-corrected chi connectivity index (χ3v) is 11.5.